The Morgan fingerprint density at radius 3 is 2.00 bits per heavy atom. The fraction of sp³-hybridized carbons (Fsp3) is 0.143. The zero-order valence-corrected chi connectivity index (χ0v) is 12.9. The number of hydrogen-bond acceptors (Lipinski definition) is 0. The summed E-state index contributed by atoms with van der Waals surface area (Å²) >= 11 is 0. The normalized spacial score (nSPS) is 10.6. The predicted molar refractivity (Wildman–Crippen MR) is 91.5 cm³/mol. The lowest BCUT2D eigenvalue weighted by Gasteiger charge is -2.14. The Bertz CT molecular complexity index is 782. The molecular weight excluding hydrogens is 252 g/mol. The molecule has 0 aliphatic rings. The molecule has 21 heavy (non-hydrogen) atoms. The van der Waals surface area contributed by atoms with Crippen molar-refractivity contribution < 1.29 is 0 Å². The van der Waals surface area contributed by atoms with Gasteiger partial charge in [-0.05, 0) is 54.2 Å². The topological polar surface area (TPSA) is 0 Å². The first-order chi connectivity index (χ1) is 10.2. The molecule has 0 heterocycles. The van der Waals surface area contributed by atoms with Crippen LogP contribution in [-0.4, -0.2) is 0 Å². The van der Waals surface area contributed by atoms with Crippen molar-refractivity contribution in [2.24, 2.45) is 0 Å². The van der Waals surface area contributed by atoms with Crippen molar-refractivity contribution in [2.45, 2.75) is 20.8 Å². The van der Waals surface area contributed by atoms with Gasteiger partial charge in [0.2, 0.25) is 0 Å². The SMILES string of the molecule is Cc1cccc(-c2cccc(-c3ccccc3C)c2C)c1. The van der Waals surface area contributed by atoms with E-state index in [0.717, 1.165) is 0 Å². The maximum absolute atomic E-state index is 2.25. The van der Waals surface area contributed by atoms with Gasteiger partial charge in [-0.2, -0.15) is 0 Å². The average Bonchev–Trinajstić information content (AvgIpc) is 2.48. The highest BCUT2D eigenvalue weighted by atomic mass is 14.1. The van der Waals surface area contributed by atoms with Gasteiger partial charge in [0.25, 0.3) is 0 Å². The van der Waals surface area contributed by atoms with E-state index >= 15 is 0 Å². The highest BCUT2D eigenvalue weighted by Crippen LogP contribution is 2.33. The molecule has 3 aromatic rings. The van der Waals surface area contributed by atoms with E-state index < -0.39 is 0 Å². The first-order valence-electron chi connectivity index (χ1n) is 7.39. The second kappa shape index (κ2) is 5.57. The maximum Gasteiger partial charge on any atom is -0.0146 e. The fourth-order valence-corrected chi connectivity index (χ4v) is 2.93. The third-order valence-corrected chi connectivity index (χ3v) is 4.10. The summed E-state index contributed by atoms with van der Waals surface area (Å²) < 4.78 is 0. The third kappa shape index (κ3) is 2.62. The molecule has 0 unspecified atom stereocenters. The molecule has 0 spiro atoms. The lowest BCUT2D eigenvalue weighted by Crippen LogP contribution is -1.90. The Balaban J connectivity index is 2.18. The van der Waals surface area contributed by atoms with Gasteiger partial charge in [0.15, 0.2) is 0 Å². The minimum Gasteiger partial charge on any atom is -0.0620 e. The Hall–Kier alpha value is -2.34. The van der Waals surface area contributed by atoms with Gasteiger partial charge in [0.1, 0.15) is 0 Å². The van der Waals surface area contributed by atoms with Gasteiger partial charge in [-0.1, -0.05) is 72.3 Å². The maximum atomic E-state index is 2.25. The van der Waals surface area contributed by atoms with Crippen molar-refractivity contribution in [2.75, 3.05) is 0 Å². The molecule has 0 aromatic heterocycles. The number of aryl methyl sites for hydroxylation is 2. The van der Waals surface area contributed by atoms with Gasteiger partial charge in [-0.15, -0.1) is 0 Å². The molecule has 0 fully saturated rings. The minimum atomic E-state index is 1.29. The summed E-state index contributed by atoms with van der Waals surface area (Å²) in [6, 6.07) is 23.9. The first-order valence-corrected chi connectivity index (χ1v) is 7.39. The lowest BCUT2D eigenvalue weighted by molar-refractivity contribution is 1.39. The standard InChI is InChI=1S/C21H20/c1-15-8-6-10-18(14-15)20-12-7-13-21(17(20)3)19-11-5-4-9-16(19)2/h4-14H,1-3H3. The summed E-state index contributed by atoms with van der Waals surface area (Å²) in [5, 5.41) is 0. The summed E-state index contributed by atoms with van der Waals surface area (Å²) in [6.07, 6.45) is 0. The van der Waals surface area contributed by atoms with Crippen LogP contribution in [-0.2, 0) is 0 Å². The van der Waals surface area contributed by atoms with Gasteiger partial charge in [-0.25, -0.2) is 0 Å². The zero-order chi connectivity index (χ0) is 14.8. The molecule has 3 rings (SSSR count). The van der Waals surface area contributed by atoms with Gasteiger partial charge in [0, 0.05) is 0 Å². The van der Waals surface area contributed by atoms with E-state index in [1.165, 1.54) is 38.9 Å². The molecular formula is C21H20. The van der Waals surface area contributed by atoms with Crippen LogP contribution in [0.4, 0.5) is 0 Å². The van der Waals surface area contributed by atoms with E-state index in [0.29, 0.717) is 0 Å². The molecule has 0 nitrogen and oxygen atoms in total. The van der Waals surface area contributed by atoms with Gasteiger partial charge < -0.3 is 0 Å². The van der Waals surface area contributed by atoms with Gasteiger partial charge in [-0.3, -0.25) is 0 Å². The molecule has 0 N–H and O–H groups in total. The van der Waals surface area contributed by atoms with Crippen LogP contribution in [0.15, 0.2) is 66.7 Å². The molecule has 104 valence electrons. The number of benzene rings is 3. The van der Waals surface area contributed by atoms with Crippen LogP contribution in [0.25, 0.3) is 22.3 Å². The Morgan fingerprint density at radius 2 is 1.24 bits per heavy atom. The summed E-state index contributed by atoms with van der Waals surface area (Å²) in [5.41, 5.74) is 9.23. The molecule has 0 aliphatic carbocycles. The summed E-state index contributed by atoms with van der Waals surface area (Å²) in [5.74, 6) is 0. The summed E-state index contributed by atoms with van der Waals surface area (Å²) in [7, 11) is 0. The van der Waals surface area contributed by atoms with Crippen LogP contribution in [0, 0.1) is 20.8 Å². The van der Waals surface area contributed by atoms with Crippen molar-refractivity contribution >= 4 is 0 Å². The smallest absolute Gasteiger partial charge is 0.0146 e. The molecule has 3 aromatic carbocycles. The van der Waals surface area contributed by atoms with Crippen molar-refractivity contribution in [3.8, 4) is 22.3 Å². The Kier molecular flexibility index (Phi) is 3.62. The monoisotopic (exact) mass is 272 g/mol. The highest BCUT2D eigenvalue weighted by molar-refractivity contribution is 5.79. The summed E-state index contributed by atoms with van der Waals surface area (Å²) in [6.45, 7) is 6.54. The number of hydrogen-bond donors (Lipinski definition) is 0. The molecule has 0 radical (unpaired) electrons. The van der Waals surface area contributed by atoms with Crippen LogP contribution in [0.3, 0.4) is 0 Å². The molecule has 0 heteroatoms. The van der Waals surface area contributed by atoms with Crippen molar-refractivity contribution in [3.63, 3.8) is 0 Å². The van der Waals surface area contributed by atoms with Crippen LogP contribution < -0.4 is 0 Å². The third-order valence-electron chi connectivity index (χ3n) is 4.10. The van der Waals surface area contributed by atoms with E-state index in [-0.39, 0.29) is 0 Å². The highest BCUT2D eigenvalue weighted by Gasteiger charge is 2.09. The van der Waals surface area contributed by atoms with Gasteiger partial charge in [0.05, 0.1) is 0 Å². The van der Waals surface area contributed by atoms with Crippen LogP contribution >= 0.6 is 0 Å². The quantitative estimate of drug-likeness (QED) is 0.541. The van der Waals surface area contributed by atoms with Crippen LogP contribution in [0.1, 0.15) is 16.7 Å². The zero-order valence-electron chi connectivity index (χ0n) is 12.9. The van der Waals surface area contributed by atoms with E-state index in [9.17, 15) is 0 Å². The van der Waals surface area contributed by atoms with E-state index in [4.69, 9.17) is 0 Å². The molecule has 0 saturated carbocycles. The minimum absolute atomic E-state index is 1.29. The lowest BCUT2D eigenvalue weighted by atomic mass is 9.90. The van der Waals surface area contributed by atoms with E-state index in [2.05, 4.69) is 87.5 Å². The second-order valence-corrected chi connectivity index (χ2v) is 5.66. The van der Waals surface area contributed by atoms with Gasteiger partial charge >= 0.3 is 0 Å². The largest absolute Gasteiger partial charge is 0.0620 e. The Labute approximate surface area is 127 Å². The van der Waals surface area contributed by atoms with Crippen molar-refractivity contribution in [3.05, 3.63) is 83.4 Å². The number of rotatable bonds is 2. The second-order valence-electron chi connectivity index (χ2n) is 5.66. The predicted octanol–water partition coefficient (Wildman–Crippen LogP) is 5.95. The first kappa shape index (κ1) is 13.6. The van der Waals surface area contributed by atoms with Crippen molar-refractivity contribution in [1.82, 2.24) is 0 Å². The molecule has 0 amide bonds. The molecule has 0 bridgehead atoms. The fourth-order valence-electron chi connectivity index (χ4n) is 2.93. The Morgan fingerprint density at radius 1 is 0.571 bits per heavy atom. The van der Waals surface area contributed by atoms with Crippen LogP contribution in [0.5, 0.6) is 0 Å². The average molecular weight is 272 g/mol. The van der Waals surface area contributed by atoms with E-state index in [1.807, 2.05) is 0 Å². The van der Waals surface area contributed by atoms with E-state index in [1.54, 1.807) is 0 Å². The molecule has 0 atom stereocenters. The summed E-state index contributed by atoms with van der Waals surface area (Å²) in [4.78, 5) is 0. The molecule has 0 saturated heterocycles. The van der Waals surface area contributed by atoms with Crippen LogP contribution in [0.2, 0.25) is 0 Å². The van der Waals surface area contributed by atoms with Crippen molar-refractivity contribution in [1.29, 1.82) is 0 Å². The molecule has 0 aliphatic heterocycles.